The summed E-state index contributed by atoms with van der Waals surface area (Å²) in [5.41, 5.74) is 2.51. The van der Waals surface area contributed by atoms with Crippen molar-refractivity contribution in [1.29, 1.82) is 0 Å². The molecule has 1 heterocycles. The maximum Gasteiger partial charge on any atom is 0.306 e. The second-order valence-corrected chi connectivity index (χ2v) is 7.15. The van der Waals surface area contributed by atoms with Crippen molar-refractivity contribution in [3.8, 4) is 0 Å². The molecule has 1 amide bonds. The number of carboxylic acid groups (broad SMARTS) is 1. The number of piperidine rings is 1. The first-order valence-electron chi connectivity index (χ1n) is 8.87. The van der Waals surface area contributed by atoms with Crippen molar-refractivity contribution in [1.82, 2.24) is 5.32 Å². The highest BCUT2D eigenvalue weighted by Gasteiger charge is 2.34. The van der Waals surface area contributed by atoms with E-state index < -0.39 is 5.97 Å². The number of rotatable bonds is 4. The Kier molecular flexibility index (Phi) is 5.07. The zero-order valence-corrected chi connectivity index (χ0v) is 14.2. The van der Waals surface area contributed by atoms with Gasteiger partial charge in [0.15, 0.2) is 0 Å². The molecule has 1 aromatic rings. The minimum atomic E-state index is -0.767. The smallest absolute Gasteiger partial charge is 0.306 e. The summed E-state index contributed by atoms with van der Waals surface area (Å²) in [4.78, 5) is 25.7. The van der Waals surface area contributed by atoms with Crippen molar-refractivity contribution < 1.29 is 14.7 Å². The third kappa shape index (κ3) is 3.89. The number of anilines is 1. The van der Waals surface area contributed by atoms with Gasteiger partial charge in [0.05, 0.1) is 5.92 Å². The quantitative estimate of drug-likeness (QED) is 0.890. The number of hydrogen-bond acceptors (Lipinski definition) is 3. The van der Waals surface area contributed by atoms with Crippen LogP contribution in [-0.2, 0) is 9.59 Å². The van der Waals surface area contributed by atoms with Gasteiger partial charge in [0.25, 0.3) is 0 Å². The maximum absolute atomic E-state index is 12.4. The number of aryl methyl sites for hydroxylation is 1. The van der Waals surface area contributed by atoms with Crippen LogP contribution in [0, 0.1) is 18.8 Å². The molecule has 2 aliphatic rings. The predicted octanol–water partition coefficient (Wildman–Crippen LogP) is 2.58. The average Bonchev–Trinajstić information content (AvgIpc) is 3.06. The molecule has 130 valence electrons. The van der Waals surface area contributed by atoms with E-state index in [4.69, 9.17) is 5.11 Å². The minimum Gasteiger partial charge on any atom is -0.481 e. The lowest BCUT2D eigenvalue weighted by Crippen LogP contribution is -2.46. The third-order valence-electron chi connectivity index (χ3n) is 5.36. The van der Waals surface area contributed by atoms with Crippen LogP contribution in [0.5, 0.6) is 0 Å². The van der Waals surface area contributed by atoms with Gasteiger partial charge in [0.2, 0.25) is 5.91 Å². The van der Waals surface area contributed by atoms with Gasteiger partial charge in [-0.25, -0.2) is 0 Å². The first-order chi connectivity index (χ1) is 11.5. The Balaban J connectivity index is 1.47. The van der Waals surface area contributed by atoms with Crippen molar-refractivity contribution in [2.24, 2.45) is 11.8 Å². The van der Waals surface area contributed by atoms with E-state index in [0.717, 1.165) is 25.9 Å². The van der Waals surface area contributed by atoms with Gasteiger partial charge in [-0.15, -0.1) is 0 Å². The second kappa shape index (κ2) is 7.24. The Morgan fingerprint density at radius 3 is 2.46 bits per heavy atom. The summed E-state index contributed by atoms with van der Waals surface area (Å²) in [5, 5.41) is 12.2. The standard InChI is InChI=1S/C19H26N2O3/c1-13-3-2-4-17(11-13)21-9-7-16(8-10-21)20-18(22)14-5-6-15(12-14)19(23)24/h2-4,11,14-16H,5-10,12H2,1H3,(H,20,22)(H,23,24)/t14-,15+/m0/s1. The molecule has 1 saturated heterocycles. The molecular formula is C19H26N2O3. The molecule has 1 aromatic carbocycles. The summed E-state index contributed by atoms with van der Waals surface area (Å²) in [5.74, 6) is -1.19. The van der Waals surface area contributed by atoms with Crippen LogP contribution in [0.15, 0.2) is 24.3 Å². The first kappa shape index (κ1) is 16.8. The monoisotopic (exact) mass is 330 g/mol. The van der Waals surface area contributed by atoms with E-state index in [1.54, 1.807) is 0 Å². The van der Waals surface area contributed by atoms with Crippen molar-refractivity contribution in [2.45, 2.75) is 45.1 Å². The highest BCUT2D eigenvalue weighted by Crippen LogP contribution is 2.31. The van der Waals surface area contributed by atoms with E-state index in [9.17, 15) is 9.59 Å². The minimum absolute atomic E-state index is 0.0488. The number of nitrogens with zero attached hydrogens (tertiary/aromatic N) is 1. The number of carboxylic acids is 1. The van der Waals surface area contributed by atoms with Crippen LogP contribution < -0.4 is 10.2 Å². The predicted molar refractivity (Wildman–Crippen MR) is 93.0 cm³/mol. The molecule has 5 nitrogen and oxygen atoms in total. The lowest BCUT2D eigenvalue weighted by Gasteiger charge is -2.34. The molecule has 1 aliphatic heterocycles. The van der Waals surface area contributed by atoms with Crippen LogP contribution in [0.4, 0.5) is 5.69 Å². The normalized spacial score (nSPS) is 24.8. The van der Waals surface area contributed by atoms with Crippen molar-refractivity contribution in [3.63, 3.8) is 0 Å². The van der Waals surface area contributed by atoms with Gasteiger partial charge in [0, 0.05) is 30.7 Å². The summed E-state index contributed by atoms with van der Waals surface area (Å²) in [7, 11) is 0. The Hall–Kier alpha value is -2.04. The molecule has 0 unspecified atom stereocenters. The maximum atomic E-state index is 12.4. The van der Waals surface area contributed by atoms with Gasteiger partial charge in [-0.1, -0.05) is 12.1 Å². The van der Waals surface area contributed by atoms with E-state index in [2.05, 4.69) is 41.4 Å². The van der Waals surface area contributed by atoms with E-state index in [1.807, 2.05) is 0 Å². The number of amides is 1. The topological polar surface area (TPSA) is 69.6 Å². The number of aliphatic carboxylic acids is 1. The Morgan fingerprint density at radius 1 is 1.12 bits per heavy atom. The Labute approximate surface area is 143 Å². The molecule has 1 saturated carbocycles. The fourth-order valence-electron chi connectivity index (χ4n) is 3.87. The number of carbonyl (C=O) groups is 2. The highest BCUT2D eigenvalue weighted by atomic mass is 16.4. The zero-order valence-electron chi connectivity index (χ0n) is 14.2. The van der Waals surface area contributed by atoms with E-state index in [-0.39, 0.29) is 23.8 Å². The SMILES string of the molecule is Cc1cccc(N2CCC(NC(=O)[C@H]3CC[C@@H](C(=O)O)C3)CC2)c1. The Bertz CT molecular complexity index is 608. The van der Waals surface area contributed by atoms with Crippen LogP contribution >= 0.6 is 0 Å². The summed E-state index contributed by atoms with van der Waals surface area (Å²) in [6.45, 7) is 3.98. The molecule has 24 heavy (non-hydrogen) atoms. The molecule has 0 radical (unpaired) electrons. The van der Waals surface area contributed by atoms with Crippen LogP contribution in [0.25, 0.3) is 0 Å². The summed E-state index contributed by atoms with van der Waals surface area (Å²) in [6, 6.07) is 8.72. The molecule has 5 heteroatoms. The molecule has 2 N–H and O–H groups in total. The van der Waals surface area contributed by atoms with Crippen LogP contribution in [-0.4, -0.2) is 36.1 Å². The van der Waals surface area contributed by atoms with Crippen molar-refractivity contribution >= 4 is 17.6 Å². The van der Waals surface area contributed by atoms with E-state index in [1.165, 1.54) is 11.3 Å². The molecule has 0 aromatic heterocycles. The Morgan fingerprint density at radius 2 is 1.83 bits per heavy atom. The largest absolute Gasteiger partial charge is 0.481 e. The fourth-order valence-corrected chi connectivity index (χ4v) is 3.87. The average molecular weight is 330 g/mol. The fraction of sp³-hybridized carbons (Fsp3) is 0.579. The van der Waals surface area contributed by atoms with Gasteiger partial charge in [-0.2, -0.15) is 0 Å². The summed E-state index contributed by atoms with van der Waals surface area (Å²) < 4.78 is 0. The van der Waals surface area contributed by atoms with Crippen molar-refractivity contribution in [3.05, 3.63) is 29.8 Å². The van der Waals surface area contributed by atoms with Crippen LogP contribution in [0.3, 0.4) is 0 Å². The third-order valence-corrected chi connectivity index (χ3v) is 5.36. The zero-order chi connectivity index (χ0) is 17.1. The number of carbonyl (C=O) groups excluding carboxylic acids is 1. The van der Waals surface area contributed by atoms with E-state index in [0.29, 0.717) is 19.3 Å². The highest BCUT2D eigenvalue weighted by molar-refractivity contribution is 5.81. The van der Waals surface area contributed by atoms with Gasteiger partial charge < -0.3 is 15.3 Å². The molecule has 3 rings (SSSR count). The lowest BCUT2D eigenvalue weighted by atomic mass is 10.0. The number of hydrogen-bond donors (Lipinski definition) is 2. The van der Waals surface area contributed by atoms with Gasteiger partial charge in [-0.3, -0.25) is 9.59 Å². The second-order valence-electron chi connectivity index (χ2n) is 7.15. The lowest BCUT2D eigenvalue weighted by molar-refractivity contribution is -0.141. The molecule has 2 fully saturated rings. The van der Waals surface area contributed by atoms with E-state index >= 15 is 0 Å². The molecule has 1 aliphatic carbocycles. The number of nitrogens with one attached hydrogen (secondary N) is 1. The number of benzene rings is 1. The first-order valence-corrected chi connectivity index (χ1v) is 8.87. The summed E-state index contributed by atoms with van der Waals surface area (Å²) in [6.07, 6.45) is 3.69. The van der Waals surface area contributed by atoms with Crippen molar-refractivity contribution in [2.75, 3.05) is 18.0 Å². The van der Waals surface area contributed by atoms with Gasteiger partial charge in [0.1, 0.15) is 0 Å². The molecular weight excluding hydrogens is 304 g/mol. The van der Waals surface area contributed by atoms with Gasteiger partial charge >= 0.3 is 5.97 Å². The molecule has 0 spiro atoms. The van der Waals surface area contributed by atoms with Crippen LogP contribution in [0.2, 0.25) is 0 Å². The molecule has 2 atom stereocenters. The summed E-state index contributed by atoms with van der Waals surface area (Å²) >= 11 is 0. The van der Waals surface area contributed by atoms with Crippen LogP contribution in [0.1, 0.15) is 37.7 Å². The molecule has 0 bridgehead atoms. The van der Waals surface area contributed by atoms with Gasteiger partial charge in [-0.05, 0) is 56.7 Å².